The molecular formula is C20H36IN7. The molecule has 1 aromatic rings. The maximum atomic E-state index is 4.88. The molecule has 3 aliphatic rings. The monoisotopic (exact) mass is 501 g/mol. The first-order valence-electron chi connectivity index (χ1n) is 10.9. The molecule has 0 radical (unpaired) electrons. The van der Waals surface area contributed by atoms with E-state index in [1.54, 1.807) is 0 Å². The molecule has 2 saturated carbocycles. The molecule has 158 valence electrons. The van der Waals surface area contributed by atoms with E-state index in [-0.39, 0.29) is 24.0 Å². The van der Waals surface area contributed by atoms with Gasteiger partial charge in [-0.15, -0.1) is 34.2 Å². The van der Waals surface area contributed by atoms with Gasteiger partial charge in [-0.25, -0.2) is 4.99 Å². The topological polar surface area (TPSA) is 70.4 Å². The second-order valence-electron chi connectivity index (χ2n) is 8.55. The molecule has 0 aromatic carbocycles. The first kappa shape index (κ1) is 21.8. The zero-order valence-electron chi connectivity index (χ0n) is 17.4. The number of likely N-dealkylation sites (tertiary alicyclic amines) is 1. The molecule has 2 heterocycles. The molecule has 1 saturated heterocycles. The molecule has 0 unspecified atom stereocenters. The number of aliphatic imine (C=N–C) groups is 1. The molecule has 8 heteroatoms. The van der Waals surface area contributed by atoms with Crippen LogP contribution in [0.1, 0.15) is 69.4 Å². The summed E-state index contributed by atoms with van der Waals surface area (Å²) in [5.41, 5.74) is 0. The van der Waals surface area contributed by atoms with E-state index in [0.717, 1.165) is 23.7 Å². The normalized spacial score (nSPS) is 22.7. The lowest BCUT2D eigenvalue weighted by molar-refractivity contribution is 0.197. The van der Waals surface area contributed by atoms with Crippen molar-refractivity contribution in [2.24, 2.45) is 12.0 Å². The van der Waals surface area contributed by atoms with Gasteiger partial charge in [0.25, 0.3) is 0 Å². The molecule has 4 rings (SSSR count). The van der Waals surface area contributed by atoms with Gasteiger partial charge in [0.05, 0.1) is 0 Å². The zero-order chi connectivity index (χ0) is 18.6. The third-order valence-corrected chi connectivity index (χ3v) is 6.44. The fourth-order valence-corrected chi connectivity index (χ4v) is 4.35. The minimum Gasteiger partial charge on any atom is -0.354 e. The summed E-state index contributed by atoms with van der Waals surface area (Å²) >= 11 is 0. The molecule has 0 amide bonds. The van der Waals surface area contributed by atoms with Crippen molar-refractivity contribution in [3.63, 3.8) is 0 Å². The smallest absolute Gasteiger partial charge is 0.192 e. The standard InChI is InChI=1S/C20H35N7.HI/c1-15-24-25-19(26(15)2)14-21-20(22-16-6-4-3-5-7-16)23-17-10-12-27(13-11-17)18-8-9-18;/h16-18H,3-14H2,1-2H3,(H2,21,22,23);1H. The van der Waals surface area contributed by atoms with Crippen molar-refractivity contribution < 1.29 is 0 Å². The highest BCUT2D eigenvalue weighted by Gasteiger charge is 2.32. The summed E-state index contributed by atoms with van der Waals surface area (Å²) in [6.45, 7) is 5.00. The molecule has 1 aromatic heterocycles. The Morgan fingerprint density at radius 3 is 2.18 bits per heavy atom. The van der Waals surface area contributed by atoms with Crippen LogP contribution in [-0.2, 0) is 13.6 Å². The molecule has 28 heavy (non-hydrogen) atoms. The first-order chi connectivity index (χ1) is 13.2. The van der Waals surface area contributed by atoms with Gasteiger partial charge in [0.1, 0.15) is 12.4 Å². The van der Waals surface area contributed by atoms with Crippen LogP contribution in [0.5, 0.6) is 0 Å². The molecule has 0 atom stereocenters. The van der Waals surface area contributed by atoms with Crippen LogP contribution in [-0.4, -0.2) is 56.8 Å². The molecule has 1 aliphatic heterocycles. The summed E-state index contributed by atoms with van der Waals surface area (Å²) in [6, 6.07) is 1.97. The third kappa shape index (κ3) is 5.81. The molecule has 2 N–H and O–H groups in total. The van der Waals surface area contributed by atoms with E-state index >= 15 is 0 Å². The number of hydrogen-bond acceptors (Lipinski definition) is 4. The highest BCUT2D eigenvalue weighted by Crippen LogP contribution is 2.29. The Kier molecular flexibility index (Phi) is 7.96. The summed E-state index contributed by atoms with van der Waals surface area (Å²) in [5.74, 6) is 2.82. The van der Waals surface area contributed by atoms with Gasteiger partial charge < -0.3 is 20.1 Å². The Bertz CT molecular complexity index is 641. The Morgan fingerprint density at radius 1 is 0.964 bits per heavy atom. The Morgan fingerprint density at radius 2 is 1.61 bits per heavy atom. The van der Waals surface area contributed by atoms with Crippen molar-refractivity contribution in [3.05, 3.63) is 11.6 Å². The molecular weight excluding hydrogens is 465 g/mol. The maximum absolute atomic E-state index is 4.88. The minimum atomic E-state index is 0. The lowest BCUT2D eigenvalue weighted by Crippen LogP contribution is -2.51. The number of hydrogen-bond donors (Lipinski definition) is 2. The van der Waals surface area contributed by atoms with Crippen molar-refractivity contribution >= 4 is 29.9 Å². The van der Waals surface area contributed by atoms with Gasteiger partial charge in [-0.1, -0.05) is 19.3 Å². The van der Waals surface area contributed by atoms with Crippen molar-refractivity contribution in [2.45, 2.75) is 89.4 Å². The van der Waals surface area contributed by atoms with Crippen molar-refractivity contribution in [3.8, 4) is 0 Å². The predicted octanol–water partition coefficient (Wildman–Crippen LogP) is 2.74. The first-order valence-corrected chi connectivity index (χ1v) is 10.9. The van der Waals surface area contributed by atoms with Gasteiger partial charge in [-0.05, 0) is 45.4 Å². The van der Waals surface area contributed by atoms with Crippen molar-refractivity contribution in [1.82, 2.24) is 30.3 Å². The van der Waals surface area contributed by atoms with E-state index in [1.165, 1.54) is 70.9 Å². The number of guanidine groups is 1. The van der Waals surface area contributed by atoms with Crippen molar-refractivity contribution in [1.29, 1.82) is 0 Å². The molecule has 3 fully saturated rings. The van der Waals surface area contributed by atoms with E-state index in [1.807, 2.05) is 18.5 Å². The quantitative estimate of drug-likeness (QED) is 0.369. The number of halogens is 1. The Balaban J connectivity index is 0.00000225. The molecule has 7 nitrogen and oxygen atoms in total. The number of piperidine rings is 1. The van der Waals surface area contributed by atoms with Crippen LogP contribution in [0.25, 0.3) is 0 Å². The lowest BCUT2D eigenvalue weighted by Gasteiger charge is -2.34. The highest BCUT2D eigenvalue weighted by atomic mass is 127. The number of aromatic nitrogens is 3. The summed E-state index contributed by atoms with van der Waals surface area (Å²) in [5, 5.41) is 15.9. The van der Waals surface area contributed by atoms with E-state index in [2.05, 4.69) is 25.7 Å². The molecule has 0 bridgehead atoms. The third-order valence-electron chi connectivity index (χ3n) is 6.44. The van der Waals surface area contributed by atoms with Gasteiger partial charge in [-0.3, -0.25) is 0 Å². The van der Waals surface area contributed by atoms with Gasteiger partial charge in [0.2, 0.25) is 0 Å². The van der Waals surface area contributed by atoms with Crippen LogP contribution in [0.3, 0.4) is 0 Å². The fraction of sp³-hybridized carbons (Fsp3) is 0.850. The van der Waals surface area contributed by atoms with Crippen molar-refractivity contribution in [2.75, 3.05) is 13.1 Å². The maximum Gasteiger partial charge on any atom is 0.192 e. The van der Waals surface area contributed by atoms with Crippen LogP contribution < -0.4 is 10.6 Å². The number of rotatable bonds is 5. The Hall–Kier alpha value is -0.900. The van der Waals surface area contributed by atoms with Crippen LogP contribution in [0.2, 0.25) is 0 Å². The summed E-state index contributed by atoms with van der Waals surface area (Å²) in [6.07, 6.45) is 11.8. The zero-order valence-corrected chi connectivity index (χ0v) is 19.7. The minimum absolute atomic E-state index is 0. The van der Waals surface area contributed by atoms with Crippen LogP contribution in [0, 0.1) is 6.92 Å². The molecule has 0 spiro atoms. The predicted molar refractivity (Wildman–Crippen MR) is 123 cm³/mol. The average molecular weight is 501 g/mol. The average Bonchev–Trinajstić information content (AvgIpc) is 3.49. The second kappa shape index (κ2) is 10.2. The lowest BCUT2D eigenvalue weighted by atomic mass is 9.95. The summed E-state index contributed by atoms with van der Waals surface area (Å²) in [7, 11) is 2.01. The number of aryl methyl sites for hydroxylation is 1. The Labute approximate surface area is 186 Å². The van der Waals surface area contributed by atoms with Gasteiger partial charge in [0, 0.05) is 38.3 Å². The van der Waals surface area contributed by atoms with E-state index < -0.39 is 0 Å². The van der Waals surface area contributed by atoms with Gasteiger partial charge in [-0.2, -0.15) is 0 Å². The van der Waals surface area contributed by atoms with Crippen LogP contribution in [0.4, 0.5) is 0 Å². The van der Waals surface area contributed by atoms with E-state index in [4.69, 9.17) is 4.99 Å². The van der Waals surface area contributed by atoms with E-state index in [0.29, 0.717) is 18.6 Å². The SMILES string of the molecule is Cc1nnc(CN=C(NC2CCCCC2)NC2CCN(C3CC3)CC2)n1C.I. The van der Waals surface area contributed by atoms with E-state index in [9.17, 15) is 0 Å². The van der Waals surface area contributed by atoms with Crippen LogP contribution >= 0.6 is 24.0 Å². The van der Waals surface area contributed by atoms with Gasteiger partial charge in [0.15, 0.2) is 11.8 Å². The fourth-order valence-electron chi connectivity index (χ4n) is 4.35. The summed E-state index contributed by atoms with van der Waals surface area (Å²) < 4.78 is 2.02. The van der Waals surface area contributed by atoms with Crippen LogP contribution in [0.15, 0.2) is 4.99 Å². The molecule has 2 aliphatic carbocycles. The van der Waals surface area contributed by atoms with Gasteiger partial charge >= 0.3 is 0 Å². The largest absolute Gasteiger partial charge is 0.354 e. The summed E-state index contributed by atoms with van der Waals surface area (Å²) in [4.78, 5) is 7.55. The highest BCUT2D eigenvalue weighted by molar-refractivity contribution is 14.0. The number of nitrogens with zero attached hydrogens (tertiary/aromatic N) is 5. The second-order valence-corrected chi connectivity index (χ2v) is 8.55. The number of nitrogens with one attached hydrogen (secondary N) is 2.